The van der Waals surface area contributed by atoms with E-state index in [4.69, 9.17) is 0 Å². The highest BCUT2D eigenvalue weighted by molar-refractivity contribution is 5.99. The molecule has 2 saturated heterocycles. The lowest BCUT2D eigenvalue weighted by molar-refractivity contribution is 0.0714. The number of aromatic nitrogens is 1. The van der Waals surface area contributed by atoms with Crippen molar-refractivity contribution in [1.29, 1.82) is 0 Å². The summed E-state index contributed by atoms with van der Waals surface area (Å²) >= 11 is 0. The van der Waals surface area contributed by atoms with Crippen LogP contribution >= 0.6 is 24.8 Å². The lowest BCUT2D eigenvalue weighted by Crippen LogP contribution is -2.35. The number of anilines is 1. The van der Waals surface area contributed by atoms with Crippen LogP contribution < -0.4 is 10.6 Å². The van der Waals surface area contributed by atoms with Crippen molar-refractivity contribution in [2.75, 3.05) is 32.0 Å². The minimum absolute atomic E-state index is 0. The van der Waals surface area contributed by atoms with E-state index in [9.17, 15) is 4.79 Å². The van der Waals surface area contributed by atoms with E-state index in [0.29, 0.717) is 23.2 Å². The largest absolute Gasteiger partial charge is 0.372 e. The van der Waals surface area contributed by atoms with Gasteiger partial charge in [-0.3, -0.25) is 4.79 Å². The smallest absolute Gasteiger partial charge is 0.258 e. The highest BCUT2D eigenvalue weighted by Gasteiger charge is 2.47. The second kappa shape index (κ2) is 8.71. The third-order valence-electron chi connectivity index (χ3n) is 5.24. The predicted octanol–water partition coefficient (Wildman–Crippen LogP) is 3.00. The van der Waals surface area contributed by atoms with Gasteiger partial charge in [0.15, 0.2) is 0 Å². The fourth-order valence-electron chi connectivity index (χ4n) is 4.14. The normalized spacial score (nSPS) is 23.6. The Morgan fingerprint density at radius 2 is 1.92 bits per heavy atom. The molecule has 3 atom stereocenters. The summed E-state index contributed by atoms with van der Waals surface area (Å²) in [6.07, 6.45) is 1.71. The molecule has 4 rings (SSSR count). The van der Waals surface area contributed by atoms with E-state index < -0.39 is 0 Å². The third kappa shape index (κ3) is 3.52. The van der Waals surface area contributed by atoms with Crippen molar-refractivity contribution in [3.63, 3.8) is 0 Å². The topological polar surface area (TPSA) is 57.3 Å². The molecule has 3 heterocycles. The van der Waals surface area contributed by atoms with Gasteiger partial charge < -0.3 is 15.5 Å². The van der Waals surface area contributed by atoms with E-state index in [1.807, 2.05) is 23.1 Å². The number of benzene rings is 1. The standard InChI is InChI=1S/C19H22N4O.2ClH/c1-20-18-15(8-5-9-22-18)19(24)23-12-14-10-21-11-16(14)17(23)13-6-3-2-4-7-13;;/h2-9,14,16-17,21H,10-12H2,1H3,(H,20,22);2*1H/t14-,16-,17+;;/m0../s1. The average Bonchev–Trinajstić information content (AvgIpc) is 3.22. The predicted molar refractivity (Wildman–Crippen MR) is 108 cm³/mol. The van der Waals surface area contributed by atoms with Gasteiger partial charge in [-0.05, 0) is 23.6 Å². The first-order valence-corrected chi connectivity index (χ1v) is 8.49. The zero-order chi connectivity index (χ0) is 16.5. The molecule has 2 fully saturated rings. The van der Waals surface area contributed by atoms with E-state index in [0.717, 1.165) is 19.6 Å². The van der Waals surface area contributed by atoms with E-state index in [2.05, 4.69) is 39.9 Å². The first kappa shape index (κ1) is 20.5. The maximum atomic E-state index is 13.3. The van der Waals surface area contributed by atoms with Crippen molar-refractivity contribution in [2.45, 2.75) is 6.04 Å². The number of hydrogen-bond acceptors (Lipinski definition) is 4. The number of fused-ring (bicyclic) bond motifs is 1. The van der Waals surface area contributed by atoms with Gasteiger partial charge in [-0.15, -0.1) is 24.8 Å². The molecule has 0 saturated carbocycles. The van der Waals surface area contributed by atoms with Crippen molar-refractivity contribution in [1.82, 2.24) is 15.2 Å². The summed E-state index contributed by atoms with van der Waals surface area (Å²) in [4.78, 5) is 19.6. The van der Waals surface area contributed by atoms with Gasteiger partial charge >= 0.3 is 0 Å². The molecule has 2 N–H and O–H groups in total. The maximum Gasteiger partial charge on any atom is 0.258 e. The fourth-order valence-corrected chi connectivity index (χ4v) is 4.14. The van der Waals surface area contributed by atoms with Crippen LogP contribution in [0.25, 0.3) is 0 Å². The molecule has 1 aromatic heterocycles. The molecule has 7 heteroatoms. The molecule has 2 aromatic rings. The minimum atomic E-state index is 0. The van der Waals surface area contributed by atoms with Gasteiger partial charge in [0.05, 0.1) is 11.6 Å². The zero-order valence-corrected chi connectivity index (χ0v) is 16.2. The summed E-state index contributed by atoms with van der Waals surface area (Å²) in [5.41, 5.74) is 1.87. The molecule has 0 aliphatic carbocycles. The number of rotatable bonds is 3. The van der Waals surface area contributed by atoms with E-state index in [1.54, 1.807) is 13.2 Å². The molecule has 1 aromatic carbocycles. The molecule has 140 valence electrons. The monoisotopic (exact) mass is 394 g/mol. The fraction of sp³-hybridized carbons (Fsp3) is 0.368. The summed E-state index contributed by atoms with van der Waals surface area (Å²) in [6, 6.07) is 14.2. The second-order valence-corrected chi connectivity index (χ2v) is 6.54. The van der Waals surface area contributed by atoms with Crippen LogP contribution in [0, 0.1) is 11.8 Å². The molecule has 0 radical (unpaired) electrons. The van der Waals surface area contributed by atoms with Crippen LogP contribution in [0.2, 0.25) is 0 Å². The van der Waals surface area contributed by atoms with Crippen molar-refractivity contribution >= 4 is 36.5 Å². The molecule has 0 unspecified atom stereocenters. The van der Waals surface area contributed by atoms with Gasteiger partial charge in [0.2, 0.25) is 0 Å². The van der Waals surface area contributed by atoms with Crippen molar-refractivity contribution in [2.24, 2.45) is 11.8 Å². The van der Waals surface area contributed by atoms with Crippen LogP contribution in [0.5, 0.6) is 0 Å². The van der Waals surface area contributed by atoms with Gasteiger partial charge in [-0.1, -0.05) is 30.3 Å². The Kier molecular flexibility index (Phi) is 6.87. The number of hydrogen-bond donors (Lipinski definition) is 2. The van der Waals surface area contributed by atoms with Crippen LogP contribution in [-0.2, 0) is 0 Å². The number of nitrogens with zero attached hydrogens (tertiary/aromatic N) is 2. The molecular formula is C19H24Cl2N4O. The van der Waals surface area contributed by atoms with Gasteiger partial charge in [-0.2, -0.15) is 0 Å². The Bertz CT molecular complexity index is 743. The minimum Gasteiger partial charge on any atom is -0.372 e. The number of carbonyl (C=O) groups is 1. The van der Waals surface area contributed by atoms with Crippen LogP contribution in [0.4, 0.5) is 5.82 Å². The van der Waals surface area contributed by atoms with Crippen LogP contribution in [0.15, 0.2) is 48.7 Å². The summed E-state index contributed by atoms with van der Waals surface area (Å²) in [6.45, 7) is 2.76. The van der Waals surface area contributed by atoms with Crippen LogP contribution in [-0.4, -0.2) is 42.5 Å². The van der Waals surface area contributed by atoms with Crippen molar-refractivity contribution in [3.8, 4) is 0 Å². The Labute approximate surface area is 166 Å². The molecular weight excluding hydrogens is 371 g/mol. The van der Waals surface area contributed by atoms with Crippen molar-refractivity contribution in [3.05, 3.63) is 59.8 Å². The molecule has 0 bridgehead atoms. The number of nitrogens with one attached hydrogen (secondary N) is 2. The molecule has 2 aliphatic heterocycles. The van der Waals surface area contributed by atoms with E-state index in [-0.39, 0.29) is 36.8 Å². The number of carbonyl (C=O) groups excluding carboxylic acids is 1. The van der Waals surface area contributed by atoms with E-state index in [1.165, 1.54) is 5.56 Å². The molecule has 26 heavy (non-hydrogen) atoms. The lowest BCUT2D eigenvalue weighted by atomic mass is 9.89. The number of halogens is 2. The van der Waals surface area contributed by atoms with Crippen LogP contribution in [0.3, 0.4) is 0 Å². The third-order valence-corrected chi connectivity index (χ3v) is 5.24. The second-order valence-electron chi connectivity index (χ2n) is 6.54. The molecule has 0 spiro atoms. The highest BCUT2D eigenvalue weighted by Crippen LogP contribution is 2.43. The quantitative estimate of drug-likeness (QED) is 0.839. The van der Waals surface area contributed by atoms with Gasteiger partial charge in [0.25, 0.3) is 5.91 Å². The summed E-state index contributed by atoms with van der Waals surface area (Å²) in [5, 5.41) is 6.52. The zero-order valence-electron chi connectivity index (χ0n) is 14.6. The number of pyridine rings is 1. The molecule has 5 nitrogen and oxygen atoms in total. The first-order valence-electron chi connectivity index (χ1n) is 8.49. The first-order chi connectivity index (χ1) is 11.8. The van der Waals surface area contributed by atoms with E-state index >= 15 is 0 Å². The average molecular weight is 395 g/mol. The molecule has 2 aliphatic rings. The molecule has 1 amide bonds. The summed E-state index contributed by atoms with van der Waals surface area (Å²) in [5.74, 6) is 1.71. The summed E-state index contributed by atoms with van der Waals surface area (Å²) in [7, 11) is 1.80. The lowest BCUT2D eigenvalue weighted by Gasteiger charge is -2.29. The van der Waals surface area contributed by atoms with Crippen molar-refractivity contribution < 1.29 is 4.79 Å². The van der Waals surface area contributed by atoms with Gasteiger partial charge in [0, 0.05) is 38.8 Å². The maximum absolute atomic E-state index is 13.3. The number of amides is 1. The Hall–Kier alpha value is -1.82. The number of likely N-dealkylation sites (tertiary alicyclic amines) is 1. The Balaban J connectivity index is 0.00000121. The highest BCUT2D eigenvalue weighted by atomic mass is 35.5. The van der Waals surface area contributed by atoms with Gasteiger partial charge in [0.1, 0.15) is 5.82 Å². The Morgan fingerprint density at radius 3 is 2.65 bits per heavy atom. The Morgan fingerprint density at radius 1 is 1.15 bits per heavy atom. The summed E-state index contributed by atoms with van der Waals surface area (Å²) < 4.78 is 0. The SMILES string of the molecule is CNc1ncccc1C(=O)N1C[C@@H]2CNC[C@@H]2[C@H]1c1ccccc1.Cl.Cl. The van der Waals surface area contributed by atoms with Crippen LogP contribution in [0.1, 0.15) is 22.0 Å². The van der Waals surface area contributed by atoms with Gasteiger partial charge in [-0.25, -0.2) is 4.98 Å².